The molecule has 0 spiro atoms. The Kier molecular flexibility index (Phi) is 4.75. The van der Waals surface area contributed by atoms with Gasteiger partial charge in [0.25, 0.3) is 5.91 Å². The van der Waals surface area contributed by atoms with E-state index in [1.165, 1.54) is 18.2 Å². The molecule has 0 heterocycles. The molecule has 126 valence electrons. The fourth-order valence-corrected chi connectivity index (χ4v) is 2.66. The summed E-state index contributed by atoms with van der Waals surface area (Å²) < 4.78 is 13.7. The minimum atomic E-state index is -1.21. The molecule has 3 aromatic rings. The Morgan fingerprint density at radius 3 is 2.36 bits per heavy atom. The first-order valence-corrected chi connectivity index (χ1v) is 7.80. The summed E-state index contributed by atoms with van der Waals surface area (Å²) in [6.07, 6.45) is -0.124. The summed E-state index contributed by atoms with van der Waals surface area (Å²) in [6, 6.07) is 17.4. The molecule has 3 rings (SSSR count). The molecule has 0 aliphatic heterocycles. The molecule has 0 radical (unpaired) electrons. The van der Waals surface area contributed by atoms with Crippen LogP contribution in [0, 0.1) is 5.82 Å². The summed E-state index contributed by atoms with van der Waals surface area (Å²) in [5.74, 6) is -2.21. The lowest BCUT2D eigenvalue weighted by molar-refractivity contribution is -0.139. The minimum absolute atomic E-state index is 0.124. The Bertz CT molecular complexity index is 939. The number of carboxylic acids is 1. The summed E-state index contributed by atoms with van der Waals surface area (Å²) in [5, 5.41) is 13.7. The van der Waals surface area contributed by atoms with Crippen molar-refractivity contribution in [2.24, 2.45) is 0 Å². The van der Waals surface area contributed by atoms with Crippen molar-refractivity contribution < 1.29 is 19.1 Å². The third-order valence-electron chi connectivity index (χ3n) is 4.00. The number of benzene rings is 3. The summed E-state index contributed by atoms with van der Waals surface area (Å²) in [5.41, 5.74) is 0.604. The summed E-state index contributed by atoms with van der Waals surface area (Å²) >= 11 is 0. The van der Waals surface area contributed by atoms with E-state index in [0.717, 1.165) is 10.8 Å². The van der Waals surface area contributed by atoms with Crippen LogP contribution >= 0.6 is 0 Å². The van der Waals surface area contributed by atoms with E-state index in [0.29, 0.717) is 5.56 Å². The van der Waals surface area contributed by atoms with Crippen LogP contribution in [-0.4, -0.2) is 23.0 Å². The molecule has 25 heavy (non-hydrogen) atoms. The molecule has 0 bridgehead atoms. The van der Waals surface area contributed by atoms with Gasteiger partial charge in [-0.05, 0) is 34.5 Å². The molecule has 4 nitrogen and oxygen atoms in total. The molecule has 0 aliphatic carbocycles. The van der Waals surface area contributed by atoms with Crippen molar-refractivity contribution in [3.05, 3.63) is 83.7 Å². The molecule has 0 aromatic heterocycles. The molecule has 0 saturated heterocycles. The second kappa shape index (κ2) is 7.13. The number of hydrogen-bond acceptors (Lipinski definition) is 2. The van der Waals surface area contributed by atoms with E-state index < -0.39 is 23.7 Å². The fraction of sp³-hybridized carbons (Fsp3) is 0.100. The van der Waals surface area contributed by atoms with Crippen molar-refractivity contribution in [2.75, 3.05) is 0 Å². The highest BCUT2D eigenvalue weighted by molar-refractivity contribution is 6.00. The van der Waals surface area contributed by atoms with Gasteiger partial charge in [-0.15, -0.1) is 0 Å². The molecule has 3 aromatic carbocycles. The van der Waals surface area contributed by atoms with Gasteiger partial charge in [0.05, 0.1) is 0 Å². The number of hydrogen-bond donors (Lipinski definition) is 2. The van der Waals surface area contributed by atoms with Gasteiger partial charge >= 0.3 is 5.97 Å². The standard InChI is InChI=1S/C20H16FNO3/c21-17-8-4-3-7-15(17)12-18(20(24)25)22-19(23)16-10-9-13-5-1-2-6-14(13)11-16/h1-11,18H,12H2,(H,22,23)(H,24,25)/t18-/m1/s1. The summed E-state index contributed by atoms with van der Waals surface area (Å²) in [6.45, 7) is 0. The first-order valence-electron chi connectivity index (χ1n) is 7.80. The lowest BCUT2D eigenvalue weighted by atomic mass is 10.0. The lowest BCUT2D eigenvalue weighted by Crippen LogP contribution is -2.42. The van der Waals surface area contributed by atoms with E-state index in [-0.39, 0.29) is 12.0 Å². The monoisotopic (exact) mass is 337 g/mol. The molecule has 5 heteroatoms. The predicted molar refractivity (Wildman–Crippen MR) is 92.9 cm³/mol. The van der Waals surface area contributed by atoms with Gasteiger partial charge in [0.1, 0.15) is 11.9 Å². The Balaban J connectivity index is 1.80. The Hall–Kier alpha value is -3.21. The van der Waals surface area contributed by atoms with Gasteiger partial charge in [-0.1, -0.05) is 48.5 Å². The molecule has 2 N–H and O–H groups in total. The van der Waals surface area contributed by atoms with Crippen LogP contribution in [0.3, 0.4) is 0 Å². The number of aliphatic carboxylic acids is 1. The van der Waals surface area contributed by atoms with Gasteiger partial charge in [0, 0.05) is 12.0 Å². The number of halogens is 1. The van der Waals surface area contributed by atoms with E-state index in [2.05, 4.69) is 5.32 Å². The third-order valence-corrected chi connectivity index (χ3v) is 4.00. The molecular weight excluding hydrogens is 321 g/mol. The van der Waals surface area contributed by atoms with Crippen LogP contribution in [0.2, 0.25) is 0 Å². The van der Waals surface area contributed by atoms with E-state index in [4.69, 9.17) is 0 Å². The maximum absolute atomic E-state index is 13.7. The molecule has 0 aliphatic rings. The highest BCUT2D eigenvalue weighted by atomic mass is 19.1. The molecule has 0 unspecified atom stereocenters. The summed E-state index contributed by atoms with van der Waals surface area (Å²) in [4.78, 5) is 23.9. The zero-order valence-electron chi connectivity index (χ0n) is 13.3. The van der Waals surface area contributed by atoms with Crippen molar-refractivity contribution in [3.63, 3.8) is 0 Å². The first kappa shape index (κ1) is 16.6. The van der Waals surface area contributed by atoms with Crippen LogP contribution in [0.25, 0.3) is 10.8 Å². The number of fused-ring (bicyclic) bond motifs is 1. The SMILES string of the molecule is O=C(N[C@H](Cc1ccccc1F)C(=O)O)c1ccc2ccccc2c1. The van der Waals surface area contributed by atoms with Gasteiger partial charge in [0.2, 0.25) is 0 Å². The van der Waals surface area contributed by atoms with Crippen LogP contribution in [0.4, 0.5) is 4.39 Å². The van der Waals surface area contributed by atoms with Gasteiger partial charge in [-0.3, -0.25) is 4.79 Å². The number of rotatable bonds is 5. The molecule has 0 saturated carbocycles. The minimum Gasteiger partial charge on any atom is -0.480 e. The second-order valence-corrected chi connectivity index (χ2v) is 5.72. The van der Waals surface area contributed by atoms with Crippen molar-refractivity contribution >= 4 is 22.6 Å². The van der Waals surface area contributed by atoms with Crippen molar-refractivity contribution in [2.45, 2.75) is 12.5 Å². The van der Waals surface area contributed by atoms with Crippen LogP contribution in [0.15, 0.2) is 66.7 Å². The van der Waals surface area contributed by atoms with Crippen molar-refractivity contribution in [1.82, 2.24) is 5.32 Å². The van der Waals surface area contributed by atoms with E-state index in [1.807, 2.05) is 24.3 Å². The van der Waals surface area contributed by atoms with Crippen LogP contribution in [-0.2, 0) is 11.2 Å². The topological polar surface area (TPSA) is 66.4 Å². The quantitative estimate of drug-likeness (QED) is 0.750. The zero-order valence-corrected chi connectivity index (χ0v) is 13.3. The molecule has 1 amide bonds. The third kappa shape index (κ3) is 3.83. The normalized spacial score (nSPS) is 11.9. The maximum Gasteiger partial charge on any atom is 0.326 e. The number of carboxylic acid groups (broad SMARTS) is 1. The summed E-state index contributed by atoms with van der Waals surface area (Å²) in [7, 11) is 0. The average Bonchev–Trinajstić information content (AvgIpc) is 2.62. The Morgan fingerprint density at radius 1 is 0.960 bits per heavy atom. The smallest absolute Gasteiger partial charge is 0.326 e. The van der Waals surface area contributed by atoms with Crippen molar-refractivity contribution in [1.29, 1.82) is 0 Å². The predicted octanol–water partition coefficient (Wildman–Crippen LogP) is 3.40. The largest absolute Gasteiger partial charge is 0.480 e. The first-order chi connectivity index (χ1) is 12.0. The number of nitrogens with one attached hydrogen (secondary N) is 1. The fourth-order valence-electron chi connectivity index (χ4n) is 2.66. The Morgan fingerprint density at radius 2 is 1.64 bits per heavy atom. The van der Waals surface area contributed by atoms with Crippen LogP contribution in [0.5, 0.6) is 0 Å². The number of carbonyl (C=O) groups excluding carboxylic acids is 1. The van der Waals surface area contributed by atoms with E-state index in [9.17, 15) is 19.1 Å². The van der Waals surface area contributed by atoms with Gasteiger partial charge < -0.3 is 10.4 Å². The second-order valence-electron chi connectivity index (χ2n) is 5.72. The van der Waals surface area contributed by atoms with Crippen LogP contribution in [0.1, 0.15) is 15.9 Å². The number of carbonyl (C=O) groups is 2. The number of amides is 1. The maximum atomic E-state index is 13.7. The Labute approximate surface area is 143 Å². The van der Waals surface area contributed by atoms with Crippen LogP contribution < -0.4 is 5.32 Å². The van der Waals surface area contributed by atoms with Crippen molar-refractivity contribution in [3.8, 4) is 0 Å². The zero-order chi connectivity index (χ0) is 17.8. The highest BCUT2D eigenvalue weighted by Gasteiger charge is 2.22. The lowest BCUT2D eigenvalue weighted by Gasteiger charge is -2.15. The molecule has 0 fully saturated rings. The highest BCUT2D eigenvalue weighted by Crippen LogP contribution is 2.16. The molecular formula is C20H16FNO3. The van der Waals surface area contributed by atoms with E-state index in [1.54, 1.807) is 24.3 Å². The molecule has 1 atom stereocenters. The van der Waals surface area contributed by atoms with Gasteiger partial charge in [-0.25, -0.2) is 9.18 Å². The average molecular weight is 337 g/mol. The van der Waals surface area contributed by atoms with Gasteiger partial charge in [-0.2, -0.15) is 0 Å². The van der Waals surface area contributed by atoms with E-state index >= 15 is 0 Å². The van der Waals surface area contributed by atoms with Gasteiger partial charge in [0.15, 0.2) is 0 Å².